The Balaban J connectivity index is 2.22. The average molecular weight is 269 g/mol. The highest BCUT2D eigenvalue weighted by molar-refractivity contribution is 5.95. The lowest BCUT2D eigenvalue weighted by atomic mass is 10.1. The number of aliphatic hydroxyl groups excluding tert-OH is 1. The lowest BCUT2D eigenvalue weighted by Crippen LogP contribution is -2.52. The van der Waals surface area contributed by atoms with Crippen LogP contribution < -0.4 is 0 Å². The van der Waals surface area contributed by atoms with Gasteiger partial charge in [0.05, 0.1) is 30.9 Å². The zero-order valence-corrected chi connectivity index (χ0v) is 10.5. The molecule has 2 rings (SSSR count). The maximum Gasteiger partial charge on any atom is 0.257 e. The van der Waals surface area contributed by atoms with Crippen molar-refractivity contribution in [3.05, 3.63) is 29.6 Å². The van der Waals surface area contributed by atoms with Crippen LogP contribution in [0.5, 0.6) is 5.75 Å². The molecule has 1 aliphatic rings. The van der Waals surface area contributed by atoms with Crippen LogP contribution >= 0.6 is 0 Å². The number of morpholine rings is 1. The lowest BCUT2D eigenvalue weighted by Gasteiger charge is -2.37. The number of aliphatic hydroxyl groups is 1. The van der Waals surface area contributed by atoms with Crippen molar-refractivity contribution in [1.82, 2.24) is 4.90 Å². The molecule has 2 N–H and O–H groups in total. The summed E-state index contributed by atoms with van der Waals surface area (Å²) >= 11 is 0. The molecule has 19 heavy (non-hydrogen) atoms. The van der Waals surface area contributed by atoms with Crippen molar-refractivity contribution in [3.63, 3.8) is 0 Å². The van der Waals surface area contributed by atoms with E-state index in [1.165, 1.54) is 17.0 Å². The molecular formula is C13H16FNO4. The number of benzene rings is 1. The van der Waals surface area contributed by atoms with Gasteiger partial charge in [0.25, 0.3) is 5.91 Å². The number of rotatable bonds is 2. The summed E-state index contributed by atoms with van der Waals surface area (Å²) in [5.41, 5.74) is -0.0942. The van der Waals surface area contributed by atoms with E-state index >= 15 is 0 Å². The third-order valence-electron chi connectivity index (χ3n) is 3.15. The normalized spacial score (nSPS) is 23.4. The van der Waals surface area contributed by atoms with Crippen LogP contribution in [0.1, 0.15) is 17.3 Å². The van der Waals surface area contributed by atoms with Gasteiger partial charge in [0.15, 0.2) is 0 Å². The van der Waals surface area contributed by atoms with Gasteiger partial charge in [-0.05, 0) is 19.1 Å². The van der Waals surface area contributed by atoms with Crippen LogP contribution in [-0.2, 0) is 4.74 Å². The fourth-order valence-electron chi connectivity index (χ4n) is 2.04. The highest BCUT2D eigenvalue weighted by Crippen LogP contribution is 2.20. The molecule has 2 unspecified atom stereocenters. The van der Waals surface area contributed by atoms with E-state index in [-0.39, 0.29) is 30.5 Å². The van der Waals surface area contributed by atoms with Crippen LogP contribution in [0.25, 0.3) is 0 Å². The van der Waals surface area contributed by atoms with Crippen molar-refractivity contribution >= 4 is 5.91 Å². The smallest absolute Gasteiger partial charge is 0.257 e. The minimum Gasteiger partial charge on any atom is -0.508 e. The fourth-order valence-corrected chi connectivity index (χ4v) is 2.04. The number of hydrogen-bond donors (Lipinski definition) is 2. The van der Waals surface area contributed by atoms with Gasteiger partial charge in [0.2, 0.25) is 0 Å². The second-order valence-corrected chi connectivity index (χ2v) is 4.61. The topological polar surface area (TPSA) is 70.0 Å². The van der Waals surface area contributed by atoms with Crippen LogP contribution in [0.3, 0.4) is 0 Å². The van der Waals surface area contributed by atoms with Gasteiger partial charge in [-0.2, -0.15) is 0 Å². The lowest BCUT2D eigenvalue weighted by molar-refractivity contribution is -0.0668. The van der Waals surface area contributed by atoms with Gasteiger partial charge in [0, 0.05) is 12.6 Å². The first-order chi connectivity index (χ1) is 9.02. The van der Waals surface area contributed by atoms with E-state index in [2.05, 4.69) is 0 Å². The largest absolute Gasteiger partial charge is 0.508 e. The van der Waals surface area contributed by atoms with Gasteiger partial charge in [0.1, 0.15) is 11.6 Å². The minimum absolute atomic E-state index is 0.0942. The van der Waals surface area contributed by atoms with Gasteiger partial charge >= 0.3 is 0 Å². The summed E-state index contributed by atoms with van der Waals surface area (Å²) in [6, 6.07) is 3.24. The Bertz CT molecular complexity index is 480. The summed E-state index contributed by atoms with van der Waals surface area (Å²) in [5.74, 6) is -1.45. The third-order valence-corrected chi connectivity index (χ3v) is 3.15. The molecule has 0 radical (unpaired) electrons. The Morgan fingerprint density at radius 1 is 1.58 bits per heavy atom. The molecule has 5 nitrogen and oxygen atoms in total. The molecule has 0 spiro atoms. The Hall–Kier alpha value is -1.66. The molecule has 104 valence electrons. The first-order valence-electron chi connectivity index (χ1n) is 6.05. The predicted molar refractivity (Wildman–Crippen MR) is 65.4 cm³/mol. The van der Waals surface area contributed by atoms with E-state index < -0.39 is 17.8 Å². The molecule has 0 saturated carbocycles. The SMILES string of the molecule is CC1COC(CO)CN1C(=O)c1ccc(O)cc1F. The average Bonchev–Trinajstić information content (AvgIpc) is 2.38. The Morgan fingerprint density at radius 3 is 2.95 bits per heavy atom. The van der Waals surface area contributed by atoms with E-state index in [4.69, 9.17) is 14.9 Å². The van der Waals surface area contributed by atoms with Crippen molar-refractivity contribution in [2.24, 2.45) is 0 Å². The number of halogens is 1. The standard InChI is InChI=1S/C13H16FNO4/c1-8-7-19-10(6-16)5-15(8)13(18)11-3-2-9(17)4-12(11)14/h2-4,8,10,16-17H,5-7H2,1H3. The van der Waals surface area contributed by atoms with Crippen molar-refractivity contribution in [3.8, 4) is 5.75 Å². The number of nitrogens with zero attached hydrogens (tertiary/aromatic N) is 1. The number of carbonyl (C=O) groups excluding carboxylic acids is 1. The molecule has 1 aliphatic heterocycles. The van der Waals surface area contributed by atoms with Crippen molar-refractivity contribution in [2.45, 2.75) is 19.1 Å². The van der Waals surface area contributed by atoms with Crippen LogP contribution in [0.15, 0.2) is 18.2 Å². The van der Waals surface area contributed by atoms with E-state index in [0.717, 1.165) is 6.07 Å². The fraction of sp³-hybridized carbons (Fsp3) is 0.462. The molecule has 1 saturated heterocycles. The van der Waals surface area contributed by atoms with Crippen molar-refractivity contribution < 1.29 is 24.1 Å². The molecule has 1 heterocycles. The number of carbonyl (C=O) groups is 1. The zero-order chi connectivity index (χ0) is 14.0. The van der Waals surface area contributed by atoms with Crippen molar-refractivity contribution in [2.75, 3.05) is 19.8 Å². The van der Waals surface area contributed by atoms with Gasteiger partial charge in [-0.3, -0.25) is 4.79 Å². The number of hydrogen-bond acceptors (Lipinski definition) is 4. The Morgan fingerprint density at radius 2 is 2.32 bits per heavy atom. The first-order valence-corrected chi connectivity index (χ1v) is 6.05. The van der Waals surface area contributed by atoms with E-state index in [1.807, 2.05) is 0 Å². The summed E-state index contributed by atoms with van der Waals surface area (Å²) in [5, 5.41) is 18.2. The third kappa shape index (κ3) is 2.85. The number of phenols is 1. The number of phenolic OH excluding ortho intramolecular Hbond substituents is 1. The van der Waals surface area contributed by atoms with Gasteiger partial charge in [-0.1, -0.05) is 0 Å². The maximum absolute atomic E-state index is 13.7. The molecule has 1 fully saturated rings. The second-order valence-electron chi connectivity index (χ2n) is 4.61. The van der Waals surface area contributed by atoms with Crippen LogP contribution in [0, 0.1) is 5.82 Å². The minimum atomic E-state index is -0.760. The summed E-state index contributed by atoms with van der Waals surface area (Å²) in [7, 11) is 0. The predicted octanol–water partition coefficient (Wildman–Crippen LogP) is 0.753. The second kappa shape index (κ2) is 5.54. The summed E-state index contributed by atoms with van der Waals surface area (Å²) < 4.78 is 19.0. The van der Waals surface area contributed by atoms with Crippen molar-refractivity contribution in [1.29, 1.82) is 0 Å². The molecule has 0 bridgehead atoms. The van der Waals surface area contributed by atoms with Gasteiger partial charge < -0.3 is 19.8 Å². The molecular weight excluding hydrogens is 253 g/mol. The molecule has 6 heteroatoms. The molecule has 2 atom stereocenters. The molecule has 1 aromatic rings. The summed E-state index contributed by atoms with van der Waals surface area (Å²) in [6.45, 7) is 2.13. The number of ether oxygens (including phenoxy) is 1. The number of amides is 1. The van der Waals surface area contributed by atoms with Crippen LogP contribution in [0.4, 0.5) is 4.39 Å². The van der Waals surface area contributed by atoms with E-state index in [9.17, 15) is 9.18 Å². The molecule has 1 aromatic carbocycles. The molecule has 0 aromatic heterocycles. The zero-order valence-electron chi connectivity index (χ0n) is 10.5. The maximum atomic E-state index is 13.7. The van der Waals surface area contributed by atoms with Gasteiger partial charge in [-0.15, -0.1) is 0 Å². The highest BCUT2D eigenvalue weighted by Gasteiger charge is 2.31. The van der Waals surface area contributed by atoms with Crippen LogP contribution in [-0.4, -0.2) is 52.9 Å². The van der Waals surface area contributed by atoms with E-state index in [0.29, 0.717) is 6.61 Å². The quantitative estimate of drug-likeness (QED) is 0.831. The van der Waals surface area contributed by atoms with E-state index in [1.54, 1.807) is 6.92 Å². The van der Waals surface area contributed by atoms with Crippen LogP contribution in [0.2, 0.25) is 0 Å². The summed E-state index contributed by atoms with van der Waals surface area (Å²) in [6.07, 6.45) is -0.444. The Kier molecular flexibility index (Phi) is 4.01. The Labute approximate surface area is 110 Å². The monoisotopic (exact) mass is 269 g/mol. The molecule has 0 aliphatic carbocycles. The first kappa shape index (κ1) is 13.8. The summed E-state index contributed by atoms with van der Waals surface area (Å²) in [4.78, 5) is 13.7. The molecule has 1 amide bonds. The number of aromatic hydroxyl groups is 1. The van der Waals surface area contributed by atoms with Gasteiger partial charge in [-0.25, -0.2) is 4.39 Å². The highest BCUT2D eigenvalue weighted by atomic mass is 19.1.